The Bertz CT molecular complexity index is 1210. The number of para-hydroxylation sites is 1. The average molecular weight is 472 g/mol. The number of amides is 2. The molecule has 3 aromatic rings. The maximum atomic E-state index is 12.5. The summed E-state index contributed by atoms with van der Waals surface area (Å²) in [7, 11) is -4.17. The van der Waals surface area contributed by atoms with Gasteiger partial charge in [0.2, 0.25) is 5.13 Å². The summed E-state index contributed by atoms with van der Waals surface area (Å²) in [5.41, 5.74) is 5.36. The van der Waals surface area contributed by atoms with Crippen molar-refractivity contribution in [1.82, 2.24) is 10.2 Å². The highest BCUT2D eigenvalue weighted by atomic mass is 35.5. The monoisotopic (exact) mass is 471 g/mol. The summed E-state index contributed by atoms with van der Waals surface area (Å²) in [6.07, 6.45) is 0. The number of nitrogens with two attached hydrogens (primary N) is 1. The van der Waals surface area contributed by atoms with Crippen molar-refractivity contribution in [2.75, 3.05) is 10.0 Å². The zero-order valence-electron chi connectivity index (χ0n) is 14.2. The summed E-state index contributed by atoms with van der Waals surface area (Å²) in [4.78, 5) is 23.7. The van der Waals surface area contributed by atoms with Crippen molar-refractivity contribution >= 4 is 67.2 Å². The summed E-state index contributed by atoms with van der Waals surface area (Å²) in [6.45, 7) is 0. The lowest BCUT2D eigenvalue weighted by Crippen LogP contribution is -2.18. The lowest BCUT2D eigenvalue weighted by Gasteiger charge is -2.08. The van der Waals surface area contributed by atoms with E-state index in [1.54, 1.807) is 6.07 Å². The zero-order valence-corrected chi connectivity index (χ0v) is 17.4. The third-order valence-corrected chi connectivity index (χ3v) is 6.59. The molecule has 2 aromatic carbocycles. The van der Waals surface area contributed by atoms with Gasteiger partial charge in [-0.1, -0.05) is 46.7 Å². The Hall–Kier alpha value is -2.73. The van der Waals surface area contributed by atoms with E-state index in [2.05, 4.69) is 20.2 Å². The zero-order chi connectivity index (χ0) is 21.2. The molecule has 0 unspecified atom stereocenters. The lowest BCUT2D eigenvalue weighted by atomic mass is 10.2. The van der Waals surface area contributed by atoms with Gasteiger partial charge in [0.05, 0.1) is 21.8 Å². The highest BCUT2D eigenvalue weighted by molar-refractivity contribution is 7.94. The van der Waals surface area contributed by atoms with E-state index in [-0.39, 0.29) is 27.0 Å². The molecule has 29 heavy (non-hydrogen) atoms. The van der Waals surface area contributed by atoms with Crippen LogP contribution in [0.3, 0.4) is 0 Å². The molecule has 9 nitrogen and oxygen atoms in total. The number of hydrogen-bond donors (Lipinski definition) is 3. The Balaban J connectivity index is 1.80. The van der Waals surface area contributed by atoms with Gasteiger partial charge in [-0.3, -0.25) is 19.6 Å². The Morgan fingerprint density at radius 1 is 1.03 bits per heavy atom. The highest BCUT2D eigenvalue weighted by Crippen LogP contribution is 2.26. The molecule has 150 valence electrons. The van der Waals surface area contributed by atoms with Gasteiger partial charge in [0.15, 0.2) is 0 Å². The van der Waals surface area contributed by atoms with Crippen LogP contribution in [0.2, 0.25) is 10.0 Å². The van der Waals surface area contributed by atoms with Crippen LogP contribution in [0.5, 0.6) is 0 Å². The number of hydrogen-bond acceptors (Lipinski definition) is 7. The largest absolute Gasteiger partial charge is 0.366 e. The number of carbonyl (C=O) groups is 2. The van der Waals surface area contributed by atoms with Crippen LogP contribution >= 0.6 is 34.5 Å². The number of nitrogens with one attached hydrogen (secondary N) is 2. The second-order valence-electron chi connectivity index (χ2n) is 5.47. The van der Waals surface area contributed by atoms with Gasteiger partial charge in [0.1, 0.15) is 0 Å². The quantitative estimate of drug-likeness (QED) is 0.471. The Morgan fingerprint density at radius 2 is 1.76 bits per heavy atom. The van der Waals surface area contributed by atoms with Crippen molar-refractivity contribution in [3.8, 4) is 0 Å². The molecule has 0 fully saturated rings. The third kappa shape index (κ3) is 4.82. The van der Waals surface area contributed by atoms with Gasteiger partial charge in [-0.25, -0.2) is 0 Å². The maximum Gasteiger partial charge on any atom is 0.291 e. The van der Waals surface area contributed by atoms with E-state index in [4.69, 9.17) is 28.9 Å². The molecular formula is C16H11Cl2N5O4S2. The number of aromatic nitrogens is 2. The molecule has 0 spiro atoms. The minimum Gasteiger partial charge on any atom is -0.366 e. The van der Waals surface area contributed by atoms with Gasteiger partial charge in [-0.2, -0.15) is 8.42 Å². The SMILES string of the molecule is NC(=O)c1ccccc1NS(=O)(=O)c1nnc(NC(=O)c2ccc(Cl)cc2Cl)s1. The molecular weight excluding hydrogens is 461 g/mol. The number of benzene rings is 2. The van der Waals surface area contributed by atoms with Crippen LogP contribution in [0.15, 0.2) is 46.8 Å². The van der Waals surface area contributed by atoms with E-state index in [1.807, 2.05) is 0 Å². The number of rotatable bonds is 6. The van der Waals surface area contributed by atoms with Crippen LogP contribution in [0, 0.1) is 0 Å². The second-order valence-corrected chi connectivity index (χ2v) is 9.14. The third-order valence-electron chi connectivity index (χ3n) is 3.47. The molecule has 1 heterocycles. The fourth-order valence-corrected chi connectivity index (χ4v) is 4.65. The van der Waals surface area contributed by atoms with Crippen molar-refractivity contribution in [3.63, 3.8) is 0 Å². The standard InChI is InChI=1S/C16H11Cl2N5O4S2/c17-8-5-6-9(11(18)7-8)14(25)20-15-21-22-16(28-15)29(26,27)23-12-4-2-1-3-10(12)13(19)24/h1-7,23H,(H2,19,24)(H,20,21,25). The van der Waals surface area contributed by atoms with Gasteiger partial charge in [0.25, 0.3) is 26.2 Å². The molecule has 0 atom stereocenters. The first-order valence-corrected chi connectivity index (χ1v) is 10.7. The summed E-state index contributed by atoms with van der Waals surface area (Å²) in [5.74, 6) is -1.41. The van der Waals surface area contributed by atoms with E-state index in [0.717, 1.165) is 0 Å². The van der Waals surface area contributed by atoms with Crippen LogP contribution in [0.1, 0.15) is 20.7 Å². The van der Waals surface area contributed by atoms with E-state index >= 15 is 0 Å². The van der Waals surface area contributed by atoms with Crippen LogP contribution in [0.4, 0.5) is 10.8 Å². The average Bonchev–Trinajstić information content (AvgIpc) is 3.11. The Morgan fingerprint density at radius 3 is 2.45 bits per heavy atom. The van der Waals surface area contributed by atoms with Gasteiger partial charge in [-0.15, -0.1) is 10.2 Å². The number of anilines is 2. The fourth-order valence-electron chi connectivity index (χ4n) is 2.18. The van der Waals surface area contributed by atoms with Crippen LogP contribution in [-0.4, -0.2) is 30.4 Å². The van der Waals surface area contributed by atoms with Gasteiger partial charge in [-0.05, 0) is 30.3 Å². The van der Waals surface area contributed by atoms with Crippen LogP contribution in [-0.2, 0) is 10.0 Å². The predicted molar refractivity (Wildman–Crippen MR) is 110 cm³/mol. The molecule has 3 rings (SSSR count). The first-order chi connectivity index (χ1) is 13.7. The predicted octanol–water partition coefficient (Wildman–Crippen LogP) is 3.00. The molecule has 2 amide bonds. The van der Waals surface area contributed by atoms with Crippen LogP contribution < -0.4 is 15.8 Å². The minimum absolute atomic E-state index is 0.00580. The number of nitrogens with zero attached hydrogens (tertiary/aromatic N) is 2. The van der Waals surface area contributed by atoms with Crippen molar-refractivity contribution in [3.05, 3.63) is 63.6 Å². The number of halogens is 2. The van der Waals surface area contributed by atoms with Gasteiger partial charge >= 0.3 is 0 Å². The smallest absolute Gasteiger partial charge is 0.291 e. The summed E-state index contributed by atoms with van der Waals surface area (Å²) >= 11 is 12.4. The first-order valence-electron chi connectivity index (χ1n) is 7.69. The van der Waals surface area contributed by atoms with E-state index in [1.165, 1.54) is 36.4 Å². The molecule has 4 N–H and O–H groups in total. The molecule has 0 aliphatic heterocycles. The minimum atomic E-state index is -4.17. The van der Waals surface area contributed by atoms with Gasteiger partial charge in [0, 0.05) is 5.02 Å². The normalized spacial score (nSPS) is 11.1. The van der Waals surface area contributed by atoms with E-state index in [9.17, 15) is 18.0 Å². The molecule has 1 aromatic heterocycles. The molecule has 13 heteroatoms. The fraction of sp³-hybridized carbons (Fsp3) is 0. The number of carbonyl (C=O) groups excluding carboxylic acids is 2. The number of sulfonamides is 1. The van der Waals surface area contributed by atoms with Crippen molar-refractivity contribution in [2.24, 2.45) is 5.73 Å². The van der Waals surface area contributed by atoms with E-state index in [0.29, 0.717) is 16.4 Å². The molecule has 0 aliphatic rings. The Kier molecular flexibility index (Phi) is 6.03. The molecule has 0 aliphatic carbocycles. The molecule has 0 radical (unpaired) electrons. The highest BCUT2D eigenvalue weighted by Gasteiger charge is 2.23. The maximum absolute atomic E-state index is 12.5. The summed E-state index contributed by atoms with van der Waals surface area (Å²) < 4.78 is 26.9. The number of primary amides is 1. The summed E-state index contributed by atoms with van der Waals surface area (Å²) in [6, 6.07) is 10.1. The van der Waals surface area contributed by atoms with Crippen LogP contribution in [0.25, 0.3) is 0 Å². The van der Waals surface area contributed by atoms with Gasteiger partial charge < -0.3 is 5.73 Å². The van der Waals surface area contributed by atoms with Crippen molar-refractivity contribution < 1.29 is 18.0 Å². The topological polar surface area (TPSA) is 144 Å². The van der Waals surface area contributed by atoms with Crippen molar-refractivity contribution in [2.45, 2.75) is 4.34 Å². The van der Waals surface area contributed by atoms with Crippen molar-refractivity contribution in [1.29, 1.82) is 0 Å². The first kappa shape index (κ1) is 21.0. The molecule has 0 saturated carbocycles. The molecule has 0 saturated heterocycles. The molecule has 0 bridgehead atoms. The summed E-state index contributed by atoms with van der Waals surface area (Å²) in [5, 5.41) is 10.1. The van der Waals surface area contributed by atoms with E-state index < -0.39 is 26.2 Å². The lowest BCUT2D eigenvalue weighted by molar-refractivity contribution is 0.0998. The Labute approximate surface area is 178 Å². The second kappa shape index (κ2) is 8.33.